The maximum Gasteiger partial charge on any atom is 0.220 e. The first-order chi connectivity index (χ1) is 7.61. The number of carbonyl (C=O) groups is 1. The predicted molar refractivity (Wildman–Crippen MR) is 64.6 cm³/mol. The van der Waals surface area contributed by atoms with Crippen LogP contribution in [-0.4, -0.2) is 18.6 Å². The van der Waals surface area contributed by atoms with Gasteiger partial charge in [0.15, 0.2) is 0 Å². The Morgan fingerprint density at radius 1 is 1.38 bits per heavy atom. The number of hydrogen-bond acceptors (Lipinski definition) is 2. The zero-order chi connectivity index (χ0) is 12.0. The van der Waals surface area contributed by atoms with Crippen molar-refractivity contribution < 1.29 is 9.53 Å². The Hall–Kier alpha value is -1.51. The number of hydrogen-bond donors (Lipinski definition) is 1. The molecule has 88 valence electrons. The second-order valence-corrected chi connectivity index (χ2v) is 3.95. The molecule has 1 rings (SSSR count). The van der Waals surface area contributed by atoms with Gasteiger partial charge < -0.3 is 10.1 Å². The highest BCUT2D eigenvalue weighted by atomic mass is 16.5. The van der Waals surface area contributed by atoms with Crippen LogP contribution in [-0.2, 0) is 4.79 Å². The van der Waals surface area contributed by atoms with Gasteiger partial charge in [-0.05, 0) is 26.0 Å². The zero-order valence-corrected chi connectivity index (χ0v) is 10.1. The van der Waals surface area contributed by atoms with Gasteiger partial charge in [0, 0.05) is 6.42 Å². The number of ether oxygens (including phenoxy) is 1. The van der Waals surface area contributed by atoms with E-state index in [1.54, 1.807) is 0 Å². The van der Waals surface area contributed by atoms with Crippen LogP contribution in [0.15, 0.2) is 24.3 Å². The molecule has 0 heterocycles. The van der Waals surface area contributed by atoms with Crippen molar-refractivity contribution in [2.24, 2.45) is 0 Å². The second-order valence-electron chi connectivity index (χ2n) is 3.95. The zero-order valence-electron chi connectivity index (χ0n) is 10.1. The van der Waals surface area contributed by atoms with Crippen LogP contribution in [0.5, 0.6) is 5.75 Å². The standard InChI is InChI=1S/C13H19NO2/c1-4-13(15)14-11(3)9-16-12-7-5-10(2)6-8-12/h5-8,11H,4,9H2,1-3H3,(H,14,15)/t11-/m0/s1. The number of rotatable bonds is 5. The Morgan fingerprint density at radius 3 is 2.56 bits per heavy atom. The number of benzene rings is 1. The molecule has 1 N–H and O–H groups in total. The van der Waals surface area contributed by atoms with Crippen LogP contribution in [0.25, 0.3) is 0 Å². The summed E-state index contributed by atoms with van der Waals surface area (Å²) in [7, 11) is 0. The lowest BCUT2D eigenvalue weighted by molar-refractivity contribution is -0.121. The number of carbonyl (C=O) groups excluding carboxylic acids is 1. The normalized spacial score (nSPS) is 11.9. The van der Waals surface area contributed by atoms with Crippen LogP contribution < -0.4 is 10.1 Å². The van der Waals surface area contributed by atoms with Crippen LogP contribution in [0.4, 0.5) is 0 Å². The van der Waals surface area contributed by atoms with Crippen molar-refractivity contribution in [3.8, 4) is 5.75 Å². The van der Waals surface area contributed by atoms with Crippen LogP contribution in [0.1, 0.15) is 25.8 Å². The summed E-state index contributed by atoms with van der Waals surface area (Å²) in [6.07, 6.45) is 0.509. The molecular weight excluding hydrogens is 202 g/mol. The number of nitrogens with one attached hydrogen (secondary N) is 1. The van der Waals surface area contributed by atoms with E-state index >= 15 is 0 Å². The van der Waals surface area contributed by atoms with Crippen molar-refractivity contribution in [2.75, 3.05) is 6.61 Å². The summed E-state index contributed by atoms with van der Waals surface area (Å²) in [6.45, 7) is 6.30. The largest absolute Gasteiger partial charge is 0.491 e. The third-order valence-corrected chi connectivity index (χ3v) is 2.25. The summed E-state index contributed by atoms with van der Waals surface area (Å²) in [5, 5.41) is 2.85. The first kappa shape index (κ1) is 12.6. The van der Waals surface area contributed by atoms with Gasteiger partial charge in [-0.2, -0.15) is 0 Å². The Balaban J connectivity index is 2.34. The molecule has 3 heteroatoms. The minimum absolute atomic E-state index is 0.0359. The summed E-state index contributed by atoms with van der Waals surface area (Å²) in [5.41, 5.74) is 1.21. The van der Waals surface area contributed by atoms with Gasteiger partial charge >= 0.3 is 0 Å². The van der Waals surface area contributed by atoms with Crippen molar-refractivity contribution in [3.05, 3.63) is 29.8 Å². The quantitative estimate of drug-likeness (QED) is 0.828. The first-order valence-electron chi connectivity index (χ1n) is 5.60. The monoisotopic (exact) mass is 221 g/mol. The molecule has 0 radical (unpaired) electrons. The van der Waals surface area contributed by atoms with Crippen molar-refractivity contribution in [1.29, 1.82) is 0 Å². The van der Waals surface area contributed by atoms with Crippen molar-refractivity contribution in [1.82, 2.24) is 5.32 Å². The van der Waals surface area contributed by atoms with Crippen LogP contribution in [0, 0.1) is 6.92 Å². The lowest BCUT2D eigenvalue weighted by Crippen LogP contribution is -2.36. The van der Waals surface area contributed by atoms with Crippen LogP contribution in [0.3, 0.4) is 0 Å². The summed E-state index contributed by atoms with van der Waals surface area (Å²) in [4.78, 5) is 11.1. The number of amides is 1. The molecule has 16 heavy (non-hydrogen) atoms. The Labute approximate surface area is 96.8 Å². The third-order valence-electron chi connectivity index (χ3n) is 2.25. The summed E-state index contributed by atoms with van der Waals surface area (Å²) < 4.78 is 5.55. The van der Waals surface area contributed by atoms with E-state index in [0.717, 1.165) is 5.75 Å². The molecule has 0 bridgehead atoms. The fraction of sp³-hybridized carbons (Fsp3) is 0.462. The van der Waals surface area contributed by atoms with Crippen molar-refractivity contribution >= 4 is 5.91 Å². The van der Waals surface area contributed by atoms with E-state index in [-0.39, 0.29) is 11.9 Å². The molecule has 0 unspecified atom stereocenters. The minimum atomic E-state index is 0.0359. The molecule has 0 aromatic heterocycles. The Bertz CT molecular complexity index is 332. The number of aryl methyl sites for hydroxylation is 1. The Morgan fingerprint density at radius 2 is 2.00 bits per heavy atom. The fourth-order valence-electron chi connectivity index (χ4n) is 1.27. The molecule has 0 saturated carbocycles. The van der Waals surface area contributed by atoms with Gasteiger partial charge in [-0.25, -0.2) is 0 Å². The van der Waals surface area contributed by atoms with Crippen LogP contribution >= 0.6 is 0 Å². The Kier molecular flexibility index (Phi) is 4.83. The maximum absolute atomic E-state index is 11.1. The van der Waals surface area contributed by atoms with Gasteiger partial charge in [-0.15, -0.1) is 0 Å². The van der Waals surface area contributed by atoms with Gasteiger partial charge in [-0.3, -0.25) is 4.79 Å². The molecule has 0 aliphatic heterocycles. The molecule has 1 atom stereocenters. The highest BCUT2D eigenvalue weighted by Crippen LogP contribution is 2.11. The molecule has 0 saturated heterocycles. The molecule has 1 amide bonds. The van der Waals surface area contributed by atoms with E-state index in [1.165, 1.54) is 5.56 Å². The van der Waals surface area contributed by atoms with E-state index in [4.69, 9.17) is 4.74 Å². The minimum Gasteiger partial charge on any atom is -0.491 e. The lowest BCUT2D eigenvalue weighted by Gasteiger charge is -2.14. The SMILES string of the molecule is CCC(=O)N[C@@H](C)COc1ccc(C)cc1. The van der Waals surface area contributed by atoms with Gasteiger partial charge in [0.05, 0.1) is 6.04 Å². The lowest BCUT2D eigenvalue weighted by atomic mass is 10.2. The summed E-state index contributed by atoms with van der Waals surface area (Å²) >= 11 is 0. The molecule has 0 fully saturated rings. The second kappa shape index (κ2) is 6.16. The van der Waals surface area contributed by atoms with E-state index in [9.17, 15) is 4.79 Å². The molecular formula is C13H19NO2. The molecule has 3 nitrogen and oxygen atoms in total. The maximum atomic E-state index is 11.1. The summed E-state index contributed by atoms with van der Waals surface area (Å²) in [6, 6.07) is 7.91. The molecule has 1 aromatic carbocycles. The van der Waals surface area contributed by atoms with Gasteiger partial charge in [-0.1, -0.05) is 24.6 Å². The average molecular weight is 221 g/mol. The smallest absolute Gasteiger partial charge is 0.220 e. The molecule has 0 aliphatic rings. The topological polar surface area (TPSA) is 38.3 Å². The predicted octanol–water partition coefficient (Wildman–Crippen LogP) is 2.29. The van der Waals surface area contributed by atoms with Gasteiger partial charge in [0.25, 0.3) is 0 Å². The third kappa shape index (κ3) is 4.34. The van der Waals surface area contributed by atoms with E-state index in [1.807, 2.05) is 45.0 Å². The van der Waals surface area contributed by atoms with Gasteiger partial charge in [0.2, 0.25) is 5.91 Å². The van der Waals surface area contributed by atoms with Crippen molar-refractivity contribution in [3.63, 3.8) is 0 Å². The molecule has 0 aliphatic carbocycles. The van der Waals surface area contributed by atoms with E-state index in [0.29, 0.717) is 13.0 Å². The molecule has 1 aromatic rings. The van der Waals surface area contributed by atoms with Crippen molar-refractivity contribution in [2.45, 2.75) is 33.2 Å². The highest BCUT2D eigenvalue weighted by Gasteiger charge is 2.05. The van der Waals surface area contributed by atoms with Crippen LogP contribution in [0.2, 0.25) is 0 Å². The van der Waals surface area contributed by atoms with E-state index < -0.39 is 0 Å². The fourth-order valence-corrected chi connectivity index (χ4v) is 1.27. The van der Waals surface area contributed by atoms with Gasteiger partial charge in [0.1, 0.15) is 12.4 Å². The molecule has 0 spiro atoms. The average Bonchev–Trinajstić information content (AvgIpc) is 2.28. The highest BCUT2D eigenvalue weighted by molar-refractivity contribution is 5.75. The first-order valence-corrected chi connectivity index (χ1v) is 5.60. The van der Waals surface area contributed by atoms with E-state index in [2.05, 4.69) is 5.32 Å². The summed E-state index contributed by atoms with van der Waals surface area (Å²) in [5.74, 6) is 0.892.